The Hall–Kier alpha value is 0.0900. The molecule has 0 nitrogen and oxygen atoms in total. The van der Waals surface area contributed by atoms with Crippen molar-refractivity contribution in [2.75, 3.05) is 11.5 Å². The summed E-state index contributed by atoms with van der Waals surface area (Å²) >= 11 is 2.06. The van der Waals surface area contributed by atoms with E-state index in [1.165, 1.54) is 23.5 Å². The third kappa shape index (κ3) is 10.2. The van der Waals surface area contributed by atoms with Gasteiger partial charge in [0.15, 0.2) is 0 Å². The minimum Gasteiger partial charge on any atom is -0.158 e. The molecule has 0 aliphatic heterocycles. The van der Waals surface area contributed by atoms with E-state index in [1.54, 1.807) is 0 Å². The highest BCUT2D eigenvalue weighted by molar-refractivity contribution is 7.99. The lowest BCUT2D eigenvalue weighted by atomic mass is 9.94. The van der Waals surface area contributed by atoms with Gasteiger partial charge in [0.25, 0.3) is 0 Å². The summed E-state index contributed by atoms with van der Waals surface area (Å²) in [5.41, 5.74) is 1.86. The average Bonchev–Trinajstić information content (AvgIpc) is 1.94. The van der Waals surface area contributed by atoms with Gasteiger partial charge >= 0.3 is 0 Å². The lowest BCUT2D eigenvalue weighted by molar-refractivity contribution is 0.540. The molecule has 0 aromatic rings. The van der Waals surface area contributed by atoms with Crippen LogP contribution in [0.2, 0.25) is 0 Å². The molecule has 0 fully saturated rings. The van der Waals surface area contributed by atoms with Gasteiger partial charge in [-0.1, -0.05) is 46.3 Å². The lowest BCUT2D eigenvalue weighted by Crippen LogP contribution is -2.01. The zero-order valence-electron chi connectivity index (χ0n) is 10.7. The summed E-state index contributed by atoms with van der Waals surface area (Å²) in [4.78, 5) is 0. The maximum absolute atomic E-state index is 2.38. The summed E-state index contributed by atoms with van der Waals surface area (Å²) in [5, 5.41) is 0. The van der Waals surface area contributed by atoms with Crippen LogP contribution in [0.4, 0.5) is 0 Å². The number of hydrogen-bond donors (Lipinski definition) is 0. The Bertz CT molecular complexity index is 172. The summed E-state index contributed by atoms with van der Waals surface area (Å²) in [6.07, 6.45) is 3.73. The van der Waals surface area contributed by atoms with Crippen molar-refractivity contribution < 1.29 is 0 Å². The van der Waals surface area contributed by atoms with Crippen LogP contribution in [0.5, 0.6) is 0 Å². The summed E-state index contributed by atoms with van der Waals surface area (Å²) in [7, 11) is 0. The molecule has 84 valence electrons. The second kappa shape index (κ2) is 6.55. The summed E-state index contributed by atoms with van der Waals surface area (Å²) in [5.74, 6) is 3.34. The van der Waals surface area contributed by atoms with Crippen LogP contribution in [-0.2, 0) is 0 Å². The maximum Gasteiger partial charge on any atom is 0.0140 e. The van der Waals surface area contributed by atoms with Crippen LogP contribution < -0.4 is 0 Å². The second-order valence-corrected chi connectivity index (χ2v) is 6.70. The van der Waals surface area contributed by atoms with Crippen LogP contribution >= 0.6 is 11.8 Å². The Morgan fingerprint density at radius 1 is 1.29 bits per heavy atom. The van der Waals surface area contributed by atoms with Gasteiger partial charge in [-0.3, -0.25) is 0 Å². The lowest BCUT2D eigenvalue weighted by Gasteiger charge is -2.14. The molecule has 0 radical (unpaired) electrons. The molecule has 0 aromatic carbocycles. The molecular formula is C13H26S. The Morgan fingerprint density at radius 3 is 2.29 bits per heavy atom. The molecule has 0 aromatic heterocycles. The zero-order chi connectivity index (χ0) is 11.2. The van der Waals surface area contributed by atoms with Crippen molar-refractivity contribution in [2.45, 2.75) is 48.0 Å². The average molecular weight is 214 g/mol. The van der Waals surface area contributed by atoms with Crippen LogP contribution in [0, 0.1) is 11.3 Å². The molecule has 0 amide bonds. The Morgan fingerprint density at radius 2 is 1.86 bits per heavy atom. The molecule has 0 aliphatic rings. The third-order valence-electron chi connectivity index (χ3n) is 1.85. The van der Waals surface area contributed by atoms with Gasteiger partial charge in [-0.25, -0.2) is 0 Å². The monoisotopic (exact) mass is 214 g/mol. The van der Waals surface area contributed by atoms with Crippen LogP contribution in [0.25, 0.3) is 0 Å². The van der Waals surface area contributed by atoms with Crippen LogP contribution in [-0.4, -0.2) is 11.5 Å². The van der Waals surface area contributed by atoms with E-state index in [2.05, 4.69) is 59.4 Å². The molecular weight excluding hydrogens is 188 g/mol. The first-order valence-corrected chi connectivity index (χ1v) is 6.73. The minimum absolute atomic E-state index is 0.336. The predicted octanol–water partition coefficient (Wildman–Crippen LogP) is 4.76. The molecule has 0 unspecified atom stereocenters. The Labute approximate surface area is 94.6 Å². The number of hydrogen-bond acceptors (Lipinski definition) is 1. The van der Waals surface area contributed by atoms with E-state index in [9.17, 15) is 0 Å². The van der Waals surface area contributed by atoms with Crippen molar-refractivity contribution in [2.24, 2.45) is 11.3 Å². The van der Waals surface area contributed by atoms with Crippen molar-refractivity contribution in [1.29, 1.82) is 0 Å². The van der Waals surface area contributed by atoms with Gasteiger partial charge in [-0.15, -0.1) is 0 Å². The van der Waals surface area contributed by atoms with Gasteiger partial charge in [0.1, 0.15) is 0 Å². The first kappa shape index (κ1) is 14.1. The fourth-order valence-electron chi connectivity index (χ4n) is 1.33. The first-order valence-electron chi connectivity index (χ1n) is 5.57. The molecule has 14 heavy (non-hydrogen) atoms. The highest BCUT2D eigenvalue weighted by Crippen LogP contribution is 2.20. The molecule has 0 N–H and O–H groups in total. The molecule has 0 aliphatic carbocycles. The van der Waals surface area contributed by atoms with E-state index < -0.39 is 0 Å². The number of allylic oxidation sites excluding steroid dienone is 1. The minimum atomic E-state index is 0.336. The van der Waals surface area contributed by atoms with Crippen molar-refractivity contribution in [3.05, 3.63) is 11.6 Å². The fourth-order valence-corrected chi connectivity index (χ4v) is 2.52. The molecule has 0 atom stereocenters. The highest BCUT2D eigenvalue weighted by atomic mass is 32.2. The quantitative estimate of drug-likeness (QED) is 0.470. The van der Waals surface area contributed by atoms with Crippen molar-refractivity contribution in [1.82, 2.24) is 0 Å². The topological polar surface area (TPSA) is 0 Å². The van der Waals surface area contributed by atoms with Crippen molar-refractivity contribution >= 4 is 11.8 Å². The zero-order valence-corrected chi connectivity index (χ0v) is 11.5. The van der Waals surface area contributed by atoms with E-state index in [1.807, 2.05) is 0 Å². The summed E-state index contributed by atoms with van der Waals surface area (Å²) < 4.78 is 0. The third-order valence-corrected chi connectivity index (χ3v) is 3.03. The van der Waals surface area contributed by atoms with Gasteiger partial charge in [-0.05, 0) is 30.4 Å². The van der Waals surface area contributed by atoms with E-state index in [-0.39, 0.29) is 0 Å². The van der Waals surface area contributed by atoms with E-state index in [0.717, 1.165) is 5.92 Å². The molecule has 0 saturated heterocycles. The molecule has 0 rings (SSSR count). The smallest absolute Gasteiger partial charge is 0.0140 e. The van der Waals surface area contributed by atoms with Crippen LogP contribution in [0.3, 0.4) is 0 Å². The highest BCUT2D eigenvalue weighted by Gasteiger charge is 2.05. The van der Waals surface area contributed by atoms with Crippen molar-refractivity contribution in [3.63, 3.8) is 0 Å². The summed E-state index contributed by atoms with van der Waals surface area (Å²) in [6, 6.07) is 0. The Kier molecular flexibility index (Phi) is 6.59. The normalized spacial score (nSPS) is 13.8. The second-order valence-electron chi connectivity index (χ2n) is 5.59. The molecule has 1 heteroatoms. The molecule has 0 heterocycles. The van der Waals surface area contributed by atoms with Crippen LogP contribution in [0.1, 0.15) is 48.0 Å². The van der Waals surface area contributed by atoms with E-state index in [0.29, 0.717) is 5.41 Å². The molecule has 0 saturated carbocycles. The molecule has 0 spiro atoms. The van der Waals surface area contributed by atoms with Gasteiger partial charge in [0.2, 0.25) is 0 Å². The van der Waals surface area contributed by atoms with Crippen molar-refractivity contribution in [3.8, 4) is 0 Å². The van der Waals surface area contributed by atoms with E-state index >= 15 is 0 Å². The SMILES string of the molecule is C/C(=C/C(C)(C)C)CSCCC(C)C. The first-order chi connectivity index (χ1) is 6.31. The van der Waals surface area contributed by atoms with Gasteiger partial charge in [-0.2, -0.15) is 11.8 Å². The fraction of sp³-hybridized carbons (Fsp3) is 0.846. The predicted molar refractivity (Wildman–Crippen MR) is 70.0 cm³/mol. The van der Waals surface area contributed by atoms with Crippen LogP contribution in [0.15, 0.2) is 11.6 Å². The number of rotatable bonds is 5. The Balaban J connectivity index is 3.64. The standard InChI is InChI=1S/C13H26S/c1-11(2)7-8-14-10-12(3)9-13(4,5)6/h9,11H,7-8,10H2,1-6H3/b12-9-. The van der Waals surface area contributed by atoms with Gasteiger partial charge < -0.3 is 0 Å². The van der Waals surface area contributed by atoms with Gasteiger partial charge in [0.05, 0.1) is 0 Å². The maximum atomic E-state index is 2.38. The summed E-state index contributed by atoms with van der Waals surface area (Å²) in [6.45, 7) is 13.6. The van der Waals surface area contributed by atoms with E-state index in [4.69, 9.17) is 0 Å². The molecule has 0 bridgehead atoms. The largest absolute Gasteiger partial charge is 0.158 e. The number of thioether (sulfide) groups is 1. The van der Waals surface area contributed by atoms with Gasteiger partial charge in [0, 0.05) is 5.75 Å².